The molecule has 24 heavy (non-hydrogen) atoms. The summed E-state index contributed by atoms with van der Waals surface area (Å²) >= 11 is 0. The van der Waals surface area contributed by atoms with Crippen molar-refractivity contribution in [3.05, 3.63) is 63.1 Å². The van der Waals surface area contributed by atoms with Crippen LogP contribution in [0.4, 0.5) is 0 Å². The van der Waals surface area contributed by atoms with Crippen molar-refractivity contribution >= 4 is 17.8 Å². The van der Waals surface area contributed by atoms with Gasteiger partial charge in [0.25, 0.3) is 17.4 Å². The summed E-state index contributed by atoms with van der Waals surface area (Å²) in [6.45, 7) is 0. The van der Waals surface area contributed by atoms with Gasteiger partial charge in [-0.05, 0) is 31.0 Å². The topological polar surface area (TPSA) is 109 Å². The highest BCUT2D eigenvalue weighted by molar-refractivity contribution is 6.21. The van der Waals surface area contributed by atoms with Gasteiger partial charge in [-0.3, -0.25) is 14.4 Å². The van der Waals surface area contributed by atoms with E-state index in [-0.39, 0.29) is 22.6 Å². The van der Waals surface area contributed by atoms with Gasteiger partial charge in [0.1, 0.15) is 5.56 Å². The lowest BCUT2D eigenvalue weighted by Gasteiger charge is -2.12. The molecule has 1 aromatic heterocycles. The van der Waals surface area contributed by atoms with Crippen molar-refractivity contribution in [2.45, 2.75) is 18.8 Å². The summed E-state index contributed by atoms with van der Waals surface area (Å²) in [4.78, 5) is 53.3. The molecule has 1 aliphatic carbocycles. The lowest BCUT2D eigenvalue weighted by molar-refractivity contribution is -0.0586. The number of rotatable bonds is 3. The highest BCUT2D eigenvalue weighted by Crippen LogP contribution is 2.38. The third kappa shape index (κ3) is 2.19. The second-order valence-corrected chi connectivity index (χ2v) is 5.64. The molecule has 1 aromatic carbocycles. The van der Waals surface area contributed by atoms with Crippen molar-refractivity contribution in [3.8, 4) is 0 Å². The average Bonchev–Trinajstić information content (AvgIpc) is 3.40. The van der Waals surface area contributed by atoms with E-state index in [4.69, 9.17) is 4.84 Å². The fourth-order valence-corrected chi connectivity index (χ4v) is 2.54. The maximum Gasteiger partial charge on any atom is 0.369 e. The summed E-state index contributed by atoms with van der Waals surface area (Å²) in [5.74, 6) is -2.34. The number of benzene rings is 1. The van der Waals surface area contributed by atoms with E-state index in [9.17, 15) is 19.2 Å². The van der Waals surface area contributed by atoms with Crippen molar-refractivity contribution in [1.82, 2.24) is 15.3 Å². The van der Waals surface area contributed by atoms with Crippen LogP contribution in [0.3, 0.4) is 0 Å². The Hall–Kier alpha value is -3.29. The fraction of sp³-hybridized carbons (Fsp3) is 0.188. The molecule has 0 bridgehead atoms. The first-order valence-electron chi connectivity index (χ1n) is 7.36. The van der Waals surface area contributed by atoms with Gasteiger partial charge in [0.15, 0.2) is 0 Å². The van der Waals surface area contributed by atoms with Gasteiger partial charge in [-0.15, -0.1) is 0 Å². The molecule has 120 valence electrons. The van der Waals surface area contributed by atoms with E-state index in [1.54, 1.807) is 12.1 Å². The SMILES string of the molecule is O=C(ON1C(=O)c2ccccc2C1=O)c1cc(C2CC2)n[nH]c1=O. The number of imide groups is 1. The molecule has 8 heteroatoms. The standard InChI is InChI=1S/C16H11N3O5/c20-13-11(7-12(17-18-13)8-5-6-8)16(23)24-19-14(21)9-3-1-2-4-10(9)15(19)22/h1-4,7-8H,5-6H2,(H,18,20). The fourth-order valence-electron chi connectivity index (χ4n) is 2.54. The predicted octanol–water partition coefficient (Wildman–Crippen LogP) is 1.02. The van der Waals surface area contributed by atoms with Gasteiger partial charge in [-0.1, -0.05) is 17.2 Å². The smallest absolute Gasteiger partial charge is 0.324 e. The Morgan fingerprint density at radius 3 is 2.33 bits per heavy atom. The van der Waals surface area contributed by atoms with Crippen LogP contribution < -0.4 is 5.56 Å². The van der Waals surface area contributed by atoms with Gasteiger partial charge in [0.05, 0.1) is 16.8 Å². The molecule has 2 aliphatic rings. The van der Waals surface area contributed by atoms with Gasteiger partial charge < -0.3 is 4.84 Å². The average molecular weight is 325 g/mol. The molecule has 2 heterocycles. The molecule has 0 saturated heterocycles. The number of aromatic amines is 1. The van der Waals surface area contributed by atoms with Crippen molar-refractivity contribution in [2.75, 3.05) is 0 Å². The number of carbonyl (C=O) groups excluding carboxylic acids is 3. The Morgan fingerprint density at radius 2 is 1.75 bits per heavy atom. The van der Waals surface area contributed by atoms with E-state index >= 15 is 0 Å². The molecule has 8 nitrogen and oxygen atoms in total. The largest absolute Gasteiger partial charge is 0.369 e. The van der Waals surface area contributed by atoms with Gasteiger partial charge in [0, 0.05) is 5.92 Å². The van der Waals surface area contributed by atoms with Gasteiger partial charge in [-0.25, -0.2) is 9.89 Å². The summed E-state index contributed by atoms with van der Waals surface area (Å²) in [7, 11) is 0. The highest BCUT2D eigenvalue weighted by Gasteiger charge is 2.39. The minimum Gasteiger partial charge on any atom is -0.324 e. The van der Waals surface area contributed by atoms with Crippen molar-refractivity contribution in [2.24, 2.45) is 0 Å². The predicted molar refractivity (Wildman–Crippen MR) is 79.2 cm³/mol. The molecular formula is C16H11N3O5. The maximum absolute atomic E-state index is 12.2. The van der Waals surface area contributed by atoms with Crippen LogP contribution in [-0.2, 0) is 4.84 Å². The third-order valence-corrected chi connectivity index (χ3v) is 3.97. The molecule has 1 aliphatic heterocycles. The van der Waals surface area contributed by atoms with Crippen molar-refractivity contribution in [3.63, 3.8) is 0 Å². The van der Waals surface area contributed by atoms with E-state index in [0.717, 1.165) is 12.8 Å². The molecule has 0 radical (unpaired) electrons. The Kier molecular flexibility index (Phi) is 3.05. The number of hydroxylamine groups is 2. The van der Waals surface area contributed by atoms with Crippen LogP contribution in [0.2, 0.25) is 0 Å². The van der Waals surface area contributed by atoms with Crippen molar-refractivity contribution < 1.29 is 19.2 Å². The third-order valence-electron chi connectivity index (χ3n) is 3.97. The quantitative estimate of drug-likeness (QED) is 0.844. The zero-order chi connectivity index (χ0) is 16.8. The second kappa shape index (κ2) is 5.12. The number of nitrogens with zero attached hydrogens (tertiary/aromatic N) is 2. The second-order valence-electron chi connectivity index (χ2n) is 5.64. The zero-order valence-corrected chi connectivity index (χ0v) is 12.3. The zero-order valence-electron chi connectivity index (χ0n) is 12.3. The molecule has 0 unspecified atom stereocenters. The molecular weight excluding hydrogens is 314 g/mol. The summed E-state index contributed by atoms with van der Waals surface area (Å²) in [5, 5.41) is 6.50. The molecule has 2 amide bonds. The van der Waals surface area contributed by atoms with E-state index in [2.05, 4.69) is 10.2 Å². The normalized spacial score (nSPS) is 16.2. The van der Waals surface area contributed by atoms with Crippen LogP contribution >= 0.6 is 0 Å². The number of hydrogen-bond donors (Lipinski definition) is 1. The summed E-state index contributed by atoms with van der Waals surface area (Å²) in [6, 6.07) is 7.48. The van der Waals surface area contributed by atoms with E-state index in [0.29, 0.717) is 10.8 Å². The first-order chi connectivity index (χ1) is 11.6. The van der Waals surface area contributed by atoms with E-state index in [1.807, 2.05) is 0 Å². The molecule has 1 N–H and O–H groups in total. The van der Waals surface area contributed by atoms with Crippen molar-refractivity contribution in [1.29, 1.82) is 0 Å². The number of fused-ring (bicyclic) bond motifs is 1. The van der Waals surface area contributed by atoms with Crippen LogP contribution in [0.5, 0.6) is 0 Å². The highest BCUT2D eigenvalue weighted by atomic mass is 16.7. The van der Waals surface area contributed by atoms with Crippen LogP contribution in [-0.4, -0.2) is 33.0 Å². The van der Waals surface area contributed by atoms with Crippen LogP contribution in [0.1, 0.15) is 55.5 Å². The number of amides is 2. The molecule has 0 spiro atoms. The molecule has 2 aromatic rings. The van der Waals surface area contributed by atoms with Gasteiger partial charge >= 0.3 is 5.97 Å². The number of nitrogens with one attached hydrogen (secondary N) is 1. The number of hydrogen-bond acceptors (Lipinski definition) is 6. The lowest BCUT2D eigenvalue weighted by atomic mass is 10.1. The molecule has 1 fully saturated rings. The minimum absolute atomic E-state index is 0.151. The van der Waals surface area contributed by atoms with Crippen LogP contribution in [0.15, 0.2) is 35.1 Å². The molecule has 4 rings (SSSR count). The lowest BCUT2D eigenvalue weighted by Crippen LogP contribution is -2.34. The van der Waals surface area contributed by atoms with Gasteiger partial charge in [-0.2, -0.15) is 5.10 Å². The molecule has 0 atom stereocenters. The summed E-state index contributed by atoms with van der Waals surface area (Å²) < 4.78 is 0. The first kappa shape index (κ1) is 14.3. The molecule has 1 saturated carbocycles. The Labute approximate surface area is 135 Å². The summed E-state index contributed by atoms with van der Waals surface area (Å²) in [5.41, 5.74) is -0.136. The number of aromatic nitrogens is 2. The van der Waals surface area contributed by atoms with E-state index in [1.165, 1.54) is 18.2 Å². The van der Waals surface area contributed by atoms with E-state index < -0.39 is 23.3 Å². The minimum atomic E-state index is -1.07. The Morgan fingerprint density at radius 1 is 1.12 bits per heavy atom. The first-order valence-corrected chi connectivity index (χ1v) is 7.36. The number of carbonyl (C=O) groups is 3. The Bertz CT molecular complexity index is 910. The summed E-state index contributed by atoms with van der Waals surface area (Å²) in [6.07, 6.45) is 1.87. The number of H-pyrrole nitrogens is 1. The maximum atomic E-state index is 12.2. The van der Waals surface area contributed by atoms with Crippen LogP contribution in [0.25, 0.3) is 0 Å². The Balaban J connectivity index is 1.61. The van der Waals surface area contributed by atoms with Gasteiger partial charge in [0.2, 0.25) is 0 Å². The van der Waals surface area contributed by atoms with Crippen LogP contribution in [0, 0.1) is 0 Å². The monoisotopic (exact) mass is 325 g/mol.